The molecule has 0 aliphatic rings. The van der Waals surface area contributed by atoms with Crippen molar-refractivity contribution in [2.45, 2.75) is 25.2 Å². The first-order chi connectivity index (χ1) is 6.99. The lowest BCUT2D eigenvalue weighted by atomic mass is 10.1. The smallest absolute Gasteiger partial charge is 0.118 e. The van der Waals surface area contributed by atoms with Crippen molar-refractivity contribution in [3.8, 4) is 11.8 Å². The van der Waals surface area contributed by atoms with E-state index in [0.29, 0.717) is 0 Å². The van der Waals surface area contributed by atoms with E-state index in [1.165, 1.54) is 0 Å². The maximum atomic E-state index is 9.20. The van der Waals surface area contributed by atoms with Crippen LogP contribution in [-0.4, -0.2) is 15.2 Å². The number of nitriles is 1. The highest BCUT2D eigenvalue weighted by molar-refractivity contribution is 6.78. The SMILES string of the molecule is COc1ccc(C(C#N)[Si](C)(C)C)cc1. The summed E-state index contributed by atoms with van der Waals surface area (Å²) in [4.78, 5) is 0. The topological polar surface area (TPSA) is 33.0 Å². The predicted molar refractivity (Wildman–Crippen MR) is 64.7 cm³/mol. The molecule has 0 N–H and O–H groups in total. The molecule has 0 heterocycles. The zero-order valence-electron chi connectivity index (χ0n) is 9.74. The van der Waals surface area contributed by atoms with Crippen LogP contribution in [0.4, 0.5) is 0 Å². The summed E-state index contributed by atoms with van der Waals surface area (Å²) in [5.41, 5.74) is 1.17. The predicted octanol–water partition coefficient (Wildman–Crippen LogP) is 3.18. The zero-order valence-corrected chi connectivity index (χ0v) is 10.7. The van der Waals surface area contributed by atoms with E-state index in [1.54, 1.807) is 7.11 Å². The highest BCUT2D eigenvalue weighted by Gasteiger charge is 2.27. The molecule has 0 spiro atoms. The number of rotatable bonds is 3. The summed E-state index contributed by atoms with van der Waals surface area (Å²) >= 11 is 0. The lowest BCUT2D eigenvalue weighted by Crippen LogP contribution is -2.29. The van der Waals surface area contributed by atoms with Gasteiger partial charge in [-0.1, -0.05) is 31.8 Å². The molecule has 0 aromatic heterocycles. The molecule has 1 unspecified atom stereocenters. The number of hydrogen-bond donors (Lipinski definition) is 0. The fourth-order valence-corrected chi connectivity index (χ4v) is 3.14. The molecule has 1 rings (SSSR count). The van der Waals surface area contributed by atoms with Crippen LogP contribution in [0.25, 0.3) is 0 Å². The molecule has 3 heteroatoms. The van der Waals surface area contributed by atoms with Gasteiger partial charge in [0.1, 0.15) is 5.75 Å². The van der Waals surface area contributed by atoms with Crippen molar-refractivity contribution < 1.29 is 4.74 Å². The maximum absolute atomic E-state index is 9.20. The van der Waals surface area contributed by atoms with E-state index in [9.17, 15) is 5.26 Å². The largest absolute Gasteiger partial charge is 0.497 e. The van der Waals surface area contributed by atoms with Gasteiger partial charge in [-0.3, -0.25) is 0 Å². The number of benzene rings is 1. The molecule has 0 fully saturated rings. The number of methoxy groups -OCH3 is 1. The molecule has 0 saturated heterocycles. The zero-order chi connectivity index (χ0) is 11.5. The van der Waals surface area contributed by atoms with Crippen molar-refractivity contribution in [2.24, 2.45) is 0 Å². The summed E-state index contributed by atoms with van der Waals surface area (Å²) in [6.45, 7) is 6.64. The van der Waals surface area contributed by atoms with Crippen LogP contribution in [0.15, 0.2) is 24.3 Å². The summed E-state index contributed by atoms with van der Waals surface area (Å²) in [7, 11) is 0.191. The minimum atomic E-state index is -1.46. The summed E-state index contributed by atoms with van der Waals surface area (Å²) in [6.07, 6.45) is 0. The van der Waals surface area contributed by atoms with Crippen molar-refractivity contribution in [2.75, 3.05) is 7.11 Å². The van der Waals surface area contributed by atoms with Crippen molar-refractivity contribution in [3.63, 3.8) is 0 Å². The van der Waals surface area contributed by atoms with Crippen LogP contribution in [0, 0.1) is 11.3 Å². The number of nitrogens with zero attached hydrogens (tertiary/aromatic N) is 1. The first-order valence-electron chi connectivity index (χ1n) is 5.02. The maximum Gasteiger partial charge on any atom is 0.118 e. The quantitative estimate of drug-likeness (QED) is 0.731. The van der Waals surface area contributed by atoms with E-state index in [-0.39, 0.29) is 5.54 Å². The third-order valence-corrected chi connectivity index (χ3v) is 4.64. The van der Waals surface area contributed by atoms with Gasteiger partial charge >= 0.3 is 0 Å². The molecule has 0 radical (unpaired) electrons. The van der Waals surface area contributed by atoms with Gasteiger partial charge in [0.2, 0.25) is 0 Å². The third-order valence-electron chi connectivity index (χ3n) is 2.44. The van der Waals surface area contributed by atoms with Crippen LogP contribution >= 0.6 is 0 Å². The Kier molecular flexibility index (Phi) is 3.54. The molecule has 0 amide bonds. The molecule has 80 valence electrons. The molecule has 2 nitrogen and oxygen atoms in total. The molecule has 1 aromatic rings. The van der Waals surface area contributed by atoms with Gasteiger partial charge in [-0.25, -0.2) is 0 Å². The lowest BCUT2D eigenvalue weighted by Gasteiger charge is -2.22. The molecule has 1 atom stereocenters. The summed E-state index contributed by atoms with van der Waals surface area (Å²) in [5.74, 6) is 0.839. The number of hydrogen-bond acceptors (Lipinski definition) is 2. The molecular formula is C12H17NOSi. The third kappa shape index (κ3) is 2.84. The molecule has 0 aliphatic carbocycles. The lowest BCUT2D eigenvalue weighted by molar-refractivity contribution is 0.414. The van der Waals surface area contributed by atoms with Crippen LogP contribution in [0.3, 0.4) is 0 Å². The minimum Gasteiger partial charge on any atom is -0.497 e. The summed E-state index contributed by atoms with van der Waals surface area (Å²) in [5, 5.41) is 9.20. The molecule has 15 heavy (non-hydrogen) atoms. The highest BCUT2D eigenvalue weighted by Crippen LogP contribution is 2.27. The van der Waals surface area contributed by atoms with E-state index in [0.717, 1.165) is 11.3 Å². The van der Waals surface area contributed by atoms with E-state index >= 15 is 0 Å². The van der Waals surface area contributed by atoms with Gasteiger partial charge in [0, 0.05) is 0 Å². The van der Waals surface area contributed by atoms with Crippen LogP contribution < -0.4 is 4.74 Å². The van der Waals surface area contributed by atoms with Crippen molar-refractivity contribution in [1.82, 2.24) is 0 Å². The first-order valence-corrected chi connectivity index (χ1v) is 8.60. The Morgan fingerprint density at radius 3 is 2.07 bits per heavy atom. The Balaban J connectivity index is 3.00. The van der Waals surface area contributed by atoms with Gasteiger partial charge in [0.25, 0.3) is 0 Å². The molecule has 1 aromatic carbocycles. The summed E-state index contributed by atoms with van der Waals surface area (Å²) in [6, 6.07) is 10.2. The van der Waals surface area contributed by atoms with Gasteiger partial charge in [0.05, 0.1) is 26.8 Å². The second-order valence-electron chi connectivity index (χ2n) is 4.70. The Bertz CT molecular complexity index is 359. The monoisotopic (exact) mass is 219 g/mol. The summed E-state index contributed by atoms with van der Waals surface area (Å²) < 4.78 is 5.10. The average molecular weight is 219 g/mol. The fourth-order valence-electron chi connectivity index (χ4n) is 1.56. The molecular weight excluding hydrogens is 202 g/mol. The fraction of sp³-hybridized carbons (Fsp3) is 0.417. The normalized spacial score (nSPS) is 13.0. The highest BCUT2D eigenvalue weighted by atomic mass is 28.3. The van der Waals surface area contributed by atoms with E-state index in [2.05, 4.69) is 25.7 Å². The van der Waals surface area contributed by atoms with Gasteiger partial charge in [0.15, 0.2) is 0 Å². The Hall–Kier alpha value is -1.27. The minimum absolute atomic E-state index is 0.0587. The number of ether oxygens (including phenoxy) is 1. The van der Waals surface area contributed by atoms with Crippen molar-refractivity contribution in [3.05, 3.63) is 29.8 Å². The van der Waals surface area contributed by atoms with E-state index in [4.69, 9.17) is 4.74 Å². The van der Waals surface area contributed by atoms with Gasteiger partial charge < -0.3 is 4.74 Å². The second-order valence-corrected chi connectivity index (χ2v) is 10.0. The van der Waals surface area contributed by atoms with Crippen LogP contribution in [0.1, 0.15) is 11.1 Å². The molecule has 0 bridgehead atoms. The van der Waals surface area contributed by atoms with Crippen LogP contribution in [0.2, 0.25) is 19.6 Å². The Labute approximate surface area is 92.5 Å². The van der Waals surface area contributed by atoms with E-state index < -0.39 is 8.07 Å². The first kappa shape index (κ1) is 11.8. The van der Waals surface area contributed by atoms with Crippen molar-refractivity contribution in [1.29, 1.82) is 5.26 Å². The van der Waals surface area contributed by atoms with Crippen molar-refractivity contribution >= 4 is 8.07 Å². The van der Waals surface area contributed by atoms with Gasteiger partial charge in [-0.05, 0) is 17.7 Å². The van der Waals surface area contributed by atoms with Gasteiger partial charge in [-0.2, -0.15) is 5.26 Å². The van der Waals surface area contributed by atoms with E-state index in [1.807, 2.05) is 24.3 Å². The standard InChI is InChI=1S/C12H17NOSi/c1-14-11-7-5-10(6-8-11)12(9-13)15(2,3)4/h5-8,12H,1-4H3. The molecule has 0 saturated carbocycles. The Morgan fingerprint density at radius 1 is 1.20 bits per heavy atom. The molecule has 0 aliphatic heterocycles. The van der Waals surface area contributed by atoms with Crippen LogP contribution in [-0.2, 0) is 0 Å². The second kappa shape index (κ2) is 4.50. The van der Waals surface area contributed by atoms with Gasteiger partial charge in [-0.15, -0.1) is 0 Å². The van der Waals surface area contributed by atoms with Crippen LogP contribution in [0.5, 0.6) is 5.75 Å². The Morgan fingerprint density at radius 2 is 1.73 bits per heavy atom. The average Bonchev–Trinajstić information content (AvgIpc) is 2.18.